The van der Waals surface area contributed by atoms with E-state index in [-0.39, 0.29) is 0 Å². The van der Waals surface area contributed by atoms with E-state index in [1.54, 1.807) is 14.1 Å². The Balaban J connectivity index is 3.46. The Morgan fingerprint density at radius 2 is 2.25 bits per heavy atom. The van der Waals surface area contributed by atoms with E-state index in [0.29, 0.717) is 0 Å². The fraction of sp³-hybridized carbons (Fsp3) is 0.750. The van der Waals surface area contributed by atoms with E-state index < -0.39 is 6.09 Å². The van der Waals surface area contributed by atoms with Gasteiger partial charge in [-0.05, 0) is 0 Å². The number of hydrogen-bond acceptors (Lipinski definition) is 3. The zero-order valence-electron chi connectivity index (χ0n) is 5.26. The van der Waals surface area contributed by atoms with Gasteiger partial charge in [0, 0.05) is 14.1 Å². The van der Waals surface area contributed by atoms with Crippen LogP contribution in [0.1, 0.15) is 0 Å². The third-order valence-corrected chi connectivity index (χ3v) is 0.784. The molecule has 0 aromatic rings. The number of carbonyl (C=O) groups is 1. The summed E-state index contributed by atoms with van der Waals surface area (Å²) in [6.07, 6.45) is -0.396. The highest BCUT2D eigenvalue weighted by Gasteiger charge is 2.01. The number of amides is 1. The van der Waals surface area contributed by atoms with Gasteiger partial charge in [-0.25, -0.2) is 15.2 Å². The van der Waals surface area contributed by atoms with Crippen molar-refractivity contribution in [3.8, 4) is 0 Å². The van der Waals surface area contributed by atoms with Gasteiger partial charge in [0.25, 0.3) is 0 Å². The van der Waals surface area contributed by atoms with Gasteiger partial charge in [-0.2, -0.15) is 0 Å². The molecule has 1 N–H and O–H groups in total. The third kappa shape index (κ3) is 1.79. The van der Waals surface area contributed by atoms with Gasteiger partial charge in [0.2, 0.25) is 0 Å². The monoisotopic (exact) mass is 118 g/mol. The van der Waals surface area contributed by atoms with Crippen LogP contribution in [0.4, 0.5) is 4.79 Å². The summed E-state index contributed by atoms with van der Waals surface area (Å²) in [5, 5.41) is 1.24. The van der Waals surface area contributed by atoms with Crippen LogP contribution in [0.3, 0.4) is 0 Å². The number of hydrogen-bond donors (Lipinski definition) is 1. The molecular weight excluding hydrogens is 108 g/mol. The number of nitrogens with zero attached hydrogens (tertiary/aromatic N) is 1. The van der Waals surface area contributed by atoms with Crippen molar-refractivity contribution in [2.24, 2.45) is 0 Å². The molecule has 0 atom stereocenters. The van der Waals surface area contributed by atoms with Crippen LogP contribution < -0.4 is 5.43 Å². The van der Waals surface area contributed by atoms with E-state index in [1.807, 2.05) is 0 Å². The highest BCUT2D eigenvalue weighted by Crippen LogP contribution is 1.78. The van der Waals surface area contributed by atoms with Gasteiger partial charge < -0.3 is 4.74 Å². The normalized spacial score (nSPS) is 8.38. The molecule has 0 aromatic carbocycles. The molecule has 0 spiro atoms. The Morgan fingerprint density at radius 1 is 1.75 bits per heavy atom. The summed E-state index contributed by atoms with van der Waals surface area (Å²) in [5.74, 6) is 0. The van der Waals surface area contributed by atoms with Crippen LogP contribution in [0.5, 0.6) is 0 Å². The Hall–Kier alpha value is -0.770. The molecule has 0 fully saturated rings. The van der Waals surface area contributed by atoms with Crippen molar-refractivity contribution in [1.82, 2.24) is 10.4 Å². The summed E-state index contributed by atoms with van der Waals surface area (Å²) in [6.45, 7) is 0. The molecule has 1 amide bonds. The average Bonchev–Trinajstić information content (AvgIpc) is 1.84. The lowest BCUT2D eigenvalue weighted by atomic mass is 11.0. The predicted octanol–water partition coefficient (Wildman–Crippen LogP) is -0.181. The van der Waals surface area contributed by atoms with Crippen LogP contribution in [0.15, 0.2) is 0 Å². The maximum Gasteiger partial charge on any atom is 0.423 e. The van der Waals surface area contributed by atoms with Gasteiger partial charge >= 0.3 is 6.09 Å². The number of hydrazine groups is 1. The number of rotatable bonds is 1. The number of carbonyl (C=O) groups excluding carboxylic acids is 1. The fourth-order valence-electron chi connectivity index (χ4n) is 0.228. The molecule has 4 nitrogen and oxygen atoms in total. The second kappa shape index (κ2) is 3.26. The first-order chi connectivity index (χ1) is 3.72. The van der Waals surface area contributed by atoms with Gasteiger partial charge in [0.1, 0.15) is 0 Å². The summed E-state index contributed by atoms with van der Waals surface area (Å²) in [4.78, 5) is 10.4. The van der Waals surface area contributed by atoms with E-state index in [4.69, 9.17) is 0 Å². The third-order valence-electron chi connectivity index (χ3n) is 0.784. The first-order valence-electron chi connectivity index (χ1n) is 2.21. The number of nitrogens with one attached hydrogen (secondary N) is 1. The first kappa shape index (κ1) is 7.23. The quantitative estimate of drug-likeness (QED) is 0.485. The Kier molecular flexibility index (Phi) is 2.95. The van der Waals surface area contributed by atoms with Crippen LogP contribution in [0.2, 0.25) is 0 Å². The molecule has 8 heavy (non-hydrogen) atoms. The molecule has 0 radical (unpaired) electrons. The van der Waals surface area contributed by atoms with Gasteiger partial charge in [-0.15, -0.1) is 0 Å². The molecule has 0 bridgehead atoms. The summed E-state index contributed by atoms with van der Waals surface area (Å²) in [5.41, 5.74) is 2.57. The molecule has 0 saturated carbocycles. The van der Waals surface area contributed by atoms with E-state index in [0.717, 1.165) is 0 Å². The van der Waals surface area contributed by atoms with Gasteiger partial charge in [-0.1, -0.05) is 0 Å². The van der Waals surface area contributed by atoms with Crippen molar-refractivity contribution < 1.29 is 9.53 Å². The van der Waals surface area contributed by atoms with Crippen molar-refractivity contribution in [3.05, 3.63) is 0 Å². The van der Waals surface area contributed by atoms with Crippen LogP contribution in [-0.2, 0) is 4.74 Å². The molecule has 0 rings (SSSR count). The zero-order chi connectivity index (χ0) is 6.57. The molecule has 0 aliphatic carbocycles. The first-order valence-corrected chi connectivity index (χ1v) is 2.21. The van der Waals surface area contributed by atoms with Crippen molar-refractivity contribution >= 4 is 6.09 Å². The van der Waals surface area contributed by atoms with Crippen molar-refractivity contribution in [2.45, 2.75) is 0 Å². The van der Waals surface area contributed by atoms with Crippen molar-refractivity contribution in [2.75, 3.05) is 21.2 Å². The number of methoxy groups -OCH3 is 1. The molecule has 4 heteroatoms. The van der Waals surface area contributed by atoms with E-state index in [2.05, 4.69) is 10.2 Å². The predicted molar refractivity (Wildman–Crippen MR) is 29.2 cm³/mol. The van der Waals surface area contributed by atoms with E-state index in [1.165, 1.54) is 12.1 Å². The highest BCUT2D eigenvalue weighted by atomic mass is 16.5. The highest BCUT2D eigenvalue weighted by molar-refractivity contribution is 5.66. The summed E-state index contributed by atoms with van der Waals surface area (Å²) < 4.78 is 4.33. The van der Waals surface area contributed by atoms with Gasteiger partial charge in [0.15, 0.2) is 0 Å². The summed E-state index contributed by atoms with van der Waals surface area (Å²) >= 11 is 0. The van der Waals surface area contributed by atoms with Crippen molar-refractivity contribution in [1.29, 1.82) is 0 Å². The number of ether oxygens (including phenoxy) is 1. The van der Waals surface area contributed by atoms with Gasteiger partial charge in [-0.3, -0.25) is 0 Å². The molecule has 0 heterocycles. The Bertz CT molecular complexity index is 84.1. The van der Waals surface area contributed by atoms with Crippen molar-refractivity contribution in [3.63, 3.8) is 0 Å². The fourth-order valence-corrected chi connectivity index (χ4v) is 0.228. The molecule has 48 valence electrons. The lowest BCUT2D eigenvalue weighted by Gasteiger charge is -2.11. The lowest BCUT2D eigenvalue weighted by Crippen LogP contribution is -2.36. The smallest absolute Gasteiger partial charge is 0.423 e. The van der Waals surface area contributed by atoms with E-state index in [9.17, 15) is 4.79 Å². The van der Waals surface area contributed by atoms with Gasteiger partial charge in [0.05, 0.1) is 7.11 Å². The second-order valence-electron chi connectivity index (χ2n) is 1.25. The lowest BCUT2D eigenvalue weighted by molar-refractivity contribution is 0.119. The van der Waals surface area contributed by atoms with Crippen LogP contribution >= 0.6 is 0 Å². The molecule has 0 unspecified atom stereocenters. The SMILES string of the molecule is CNN(C)C(=O)OC. The topological polar surface area (TPSA) is 41.6 Å². The summed E-state index contributed by atoms with van der Waals surface area (Å²) in [6, 6.07) is 0. The zero-order valence-corrected chi connectivity index (χ0v) is 5.26. The second-order valence-corrected chi connectivity index (χ2v) is 1.25. The van der Waals surface area contributed by atoms with Crippen LogP contribution in [0.25, 0.3) is 0 Å². The molecule has 0 saturated heterocycles. The Labute approximate surface area is 48.4 Å². The van der Waals surface area contributed by atoms with E-state index >= 15 is 0 Å². The molecule has 0 aliphatic heterocycles. The average molecular weight is 118 g/mol. The minimum Gasteiger partial charge on any atom is -0.452 e. The maximum atomic E-state index is 10.4. The minimum atomic E-state index is -0.396. The maximum absolute atomic E-state index is 10.4. The Morgan fingerprint density at radius 3 is 2.38 bits per heavy atom. The minimum absolute atomic E-state index is 0.396. The van der Waals surface area contributed by atoms with Crippen LogP contribution in [0, 0.1) is 0 Å². The molecule has 0 aromatic heterocycles. The molecule has 0 aliphatic rings. The molecular formula is C4H10N2O2. The van der Waals surface area contributed by atoms with Crippen LogP contribution in [-0.4, -0.2) is 32.3 Å². The largest absolute Gasteiger partial charge is 0.452 e. The standard InChI is InChI=1S/C4H10N2O2/c1-5-6(2)4(7)8-3/h5H,1-3H3. The summed E-state index contributed by atoms with van der Waals surface area (Å²) in [7, 11) is 4.54.